The van der Waals surface area contributed by atoms with Crippen LogP contribution < -0.4 is 5.73 Å². The van der Waals surface area contributed by atoms with Gasteiger partial charge < -0.3 is 10.5 Å². The van der Waals surface area contributed by atoms with Gasteiger partial charge in [-0.15, -0.1) is 11.8 Å². The molecular weight excluding hydrogens is 292 g/mol. The number of carbonyl (C=O) groups excluding carboxylic acids is 1. The smallest absolute Gasteiger partial charge is 0.327 e. The number of carbonyl (C=O) groups is 1. The van der Waals surface area contributed by atoms with Gasteiger partial charge in [0.05, 0.1) is 16.4 Å². The zero-order chi connectivity index (χ0) is 15.5. The Balaban J connectivity index is 2.13. The molecule has 2 N–H and O–H groups in total. The van der Waals surface area contributed by atoms with Crippen LogP contribution in [0.3, 0.4) is 0 Å². The fraction of sp³-hybridized carbons (Fsp3) is 0.500. The van der Waals surface area contributed by atoms with Crippen molar-refractivity contribution in [3.8, 4) is 0 Å². The van der Waals surface area contributed by atoms with Crippen LogP contribution in [0.4, 0.5) is 5.69 Å². The lowest BCUT2D eigenvalue weighted by molar-refractivity contribution is -0.387. The average Bonchev–Trinajstić information content (AvgIpc) is 3.30. The summed E-state index contributed by atoms with van der Waals surface area (Å²) in [6.07, 6.45) is 1.79. The highest BCUT2D eigenvalue weighted by atomic mass is 32.2. The van der Waals surface area contributed by atoms with Gasteiger partial charge >= 0.3 is 5.97 Å². The Morgan fingerprint density at radius 1 is 1.52 bits per heavy atom. The van der Waals surface area contributed by atoms with Crippen LogP contribution in [0.1, 0.15) is 19.8 Å². The topological polar surface area (TPSA) is 95.5 Å². The molecule has 114 valence electrons. The minimum atomic E-state index is -1.07. The van der Waals surface area contributed by atoms with Crippen molar-refractivity contribution < 1.29 is 14.5 Å². The molecule has 0 aliphatic heterocycles. The molecule has 1 atom stereocenters. The SMILES string of the molecule is CCOC(=O)C(N)(CSc1ccccc1[N+](=O)[O-])C1CC1. The predicted octanol–water partition coefficient (Wildman–Crippen LogP) is 2.36. The van der Waals surface area contributed by atoms with Gasteiger partial charge in [0, 0.05) is 11.8 Å². The van der Waals surface area contributed by atoms with E-state index in [2.05, 4.69) is 0 Å². The van der Waals surface area contributed by atoms with E-state index in [1.807, 2.05) is 0 Å². The molecule has 0 bridgehead atoms. The Labute approximate surface area is 127 Å². The number of rotatable bonds is 7. The maximum atomic E-state index is 12.1. The van der Waals surface area contributed by atoms with Crippen molar-refractivity contribution in [2.75, 3.05) is 12.4 Å². The first-order chi connectivity index (χ1) is 9.99. The molecule has 0 saturated heterocycles. The zero-order valence-electron chi connectivity index (χ0n) is 11.8. The first-order valence-electron chi connectivity index (χ1n) is 6.81. The van der Waals surface area contributed by atoms with Gasteiger partial charge in [0.2, 0.25) is 0 Å². The van der Waals surface area contributed by atoms with Crippen LogP contribution >= 0.6 is 11.8 Å². The molecule has 0 aromatic heterocycles. The van der Waals surface area contributed by atoms with Crippen molar-refractivity contribution in [3.05, 3.63) is 34.4 Å². The molecular formula is C14H18N2O4S. The highest BCUT2D eigenvalue weighted by molar-refractivity contribution is 7.99. The van der Waals surface area contributed by atoms with Crippen LogP contribution in [0.15, 0.2) is 29.2 Å². The molecule has 0 amide bonds. The van der Waals surface area contributed by atoms with E-state index in [-0.39, 0.29) is 24.0 Å². The number of ether oxygens (including phenoxy) is 1. The number of nitro groups is 1. The van der Waals surface area contributed by atoms with Crippen molar-refractivity contribution in [3.63, 3.8) is 0 Å². The van der Waals surface area contributed by atoms with Gasteiger partial charge in [-0.25, -0.2) is 0 Å². The minimum Gasteiger partial charge on any atom is -0.465 e. The summed E-state index contributed by atoms with van der Waals surface area (Å²) in [4.78, 5) is 23.2. The van der Waals surface area contributed by atoms with E-state index in [1.54, 1.807) is 25.1 Å². The summed E-state index contributed by atoms with van der Waals surface area (Å²) in [5, 5.41) is 11.0. The largest absolute Gasteiger partial charge is 0.465 e. The lowest BCUT2D eigenvalue weighted by atomic mass is 9.97. The summed E-state index contributed by atoms with van der Waals surface area (Å²) in [7, 11) is 0. The van der Waals surface area contributed by atoms with Crippen molar-refractivity contribution in [1.29, 1.82) is 0 Å². The summed E-state index contributed by atoms with van der Waals surface area (Å²) in [6.45, 7) is 2.01. The molecule has 0 spiro atoms. The van der Waals surface area contributed by atoms with Crippen LogP contribution in [0, 0.1) is 16.0 Å². The Morgan fingerprint density at radius 2 is 2.19 bits per heavy atom. The minimum absolute atomic E-state index is 0.0319. The maximum absolute atomic E-state index is 12.1. The third kappa shape index (κ3) is 3.54. The van der Waals surface area contributed by atoms with E-state index in [0.717, 1.165) is 12.8 Å². The van der Waals surface area contributed by atoms with Crippen molar-refractivity contribution in [1.82, 2.24) is 0 Å². The third-order valence-electron chi connectivity index (χ3n) is 3.49. The lowest BCUT2D eigenvalue weighted by Crippen LogP contribution is -2.53. The molecule has 1 unspecified atom stereocenters. The normalized spacial score (nSPS) is 17.0. The fourth-order valence-corrected chi connectivity index (χ4v) is 3.35. The molecule has 1 fully saturated rings. The molecule has 2 rings (SSSR count). The van der Waals surface area contributed by atoms with Crippen molar-refractivity contribution in [2.24, 2.45) is 11.7 Å². The van der Waals surface area contributed by atoms with E-state index < -0.39 is 16.4 Å². The Kier molecular flexibility index (Phi) is 4.84. The summed E-state index contributed by atoms with van der Waals surface area (Å²) in [5.41, 5.74) is 5.21. The molecule has 0 radical (unpaired) electrons. The van der Waals surface area contributed by atoms with Crippen LogP contribution in [0.2, 0.25) is 0 Å². The van der Waals surface area contributed by atoms with E-state index >= 15 is 0 Å². The first-order valence-corrected chi connectivity index (χ1v) is 7.80. The van der Waals surface area contributed by atoms with Gasteiger partial charge in [-0.1, -0.05) is 12.1 Å². The van der Waals surface area contributed by atoms with Gasteiger partial charge in [-0.05, 0) is 31.7 Å². The molecule has 1 aromatic rings. The molecule has 7 heteroatoms. The van der Waals surface area contributed by atoms with E-state index in [0.29, 0.717) is 4.90 Å². The number of hydrogen-bond acceptors (Lipinski definition) is 6. The fourth-order valence-electron chi connectivity index (χ4n) is 2.13. The van der Waals surface area contributed by atoms with Crippen LogP contribution in [-0.2, 0) is 9.53 Å². The second-order valence-corrected chi connectivity index (χ2v) is 6.07. The standard InChI is InChI=1S/C14H18N2O4S/c1-2-20-13(17)14(15,10-7-8-10)9-21-12-6-4-3-5-11(12)16(18)19/h3-6,10H,2,7-9,15H2,1H3. The van der Waals surface area contributed by atoms with E-state index in [4.69, 9.17) is 10.5 Å². The molecule has 21 heavy (non-hydrogen) atoms. The second-order valence-electron chi connectivity index (χ2n) is 5.05. The Hall–Kier alpha value is -1.60. The van der Waals surface area contributed by atoms with E-state index in [1.165, 1.54) is 17.8 Å². The molecule has 6 nitrogen and oxygen atoms in total. The summed E-state index contributed by atoms with van der Waals surface area (Å²) < 4.78 is 5.06. The highest BCUT2D eigenvalue weighted by Crippen LogP contribution is 2.42. The molecule has 0 heterocycles. The number of para-hydroxylation sites is 1. The molecule has 1 aromatic carbocycles. The number of hydrogen-bond donors (Lipinski definition) is 1. The van der Waals surface area contributed by atoms with Crippen LogP contribution in [0.25, 0.3) is 0 Å². The molecule has 1 aliphatic carbocycles. The monoisotopic (exact) mass is 310 g/mol. The molecule has 1 aliphatic rings. The highest BCUT2D eigenvalue weighted by Gasteiger charge is 2.49. The number of nitrogens with zero attached hydrogens (tertiary/aromatic N) is 1. The third-order valence-corrected chi connectivity index (χ3v) is 4.77. The van der Waals surface area contributed by atoms with Gasteiger partial charge in [-0.3, -0.25) is 14.9 Å². The van der Waals surface area contributed by atoms with E-state index in [9.17, 15) is 14.9 Å². The van der Waals surface area contributed by atoms with Crippen molar-refractivity contribution in [2.45, 2.75) is 30.2 Å². The van der Waals surface area contributed by atoms with Crippen LogP contribution in [-0.4, -0.2) is 28.8 Å². The van der Waals surface area contributed by atoms with Gasteiger partial charge in [0.15, 0.2) is 0 Å². The number of nitrogens with two attached hydrogens (primary N) is 1. The first kappa shape index (κ1) is 15.8. The Bertz CT molecular complexity index is 548. The summed E-state index contributed by atoms with van der Waals surface area (Å²) in [6, 6.07) is 6.46. The Morgan fingerprint density at radius 3 is 2.76 bits per heavy atom. The quantitative estimate of drug-likeness (QED) is 0.359. The van der Waals surface area contributed by atoms with Gasteiger partial charge in [0.25, 0.3) is 5.69 Å². The number of thioether (sulfide) groups is 1. The maximum Gasteiger partial charge on any atom is 0.327 e. The summed E-state index contributed by atoms with van der Waals surface area (Å²) >= 11 is 1.24. The van der Waals surface area contributed by atoms with Crippen molar-refractivity contribution >= 4 is 23.4 Å². The number of nitro benzene ring substituents is 1. The molecule has 1 saturated carbocycles. The van der Waals surface area contributed by atoms with Gasteiger partial charge in [-0.2, -0.15) is 0 Å². The van der Waals surface area contributed by atoms with Gasteiger partial charge in [0.1, 0.15) is 5.54 Å². The number of benzene rings is 1. The number of esters is 1. The van der Waals surface area contributed by atoms with Crippen LogP contribution in [0.5, 0.6) is 0 Å². The zero-order valence-corrected chi connectivity index (χ0v) is 12.6. The lowest BCUT2D eigenvalue weighted by Gasteiger charge is -2.26. The second kappa shape index (κ2) is 6.44. The predicted molar refractivity (Wildman–Crippen MR) is 80.1 cm³/mol. The summed E-state index contributed by atoms with van der Waals surface area (Å²) in [5.74, 6) is -0.0353. The average molecular weight is 310 g/mol.